The van der Waals surface area contributed by atoms with Gasteiger partial charge in [-0.05, 0) is 55.1 Å². The predicted molar refractivity (Wildman–Crippen MR) is 129 cm³/mol. The number of carboxylic acids is 1. The van der Waals surface area contributed by atoms with Crippen LogP contribution in [0.2, 0.25) is 0 Å². The van der Waals surface area contributed by atoms with Crippen molar-refractivity contribution in [2.45, 2.75) is 5.54 Å². The molecule has 0 unspecified atom stereocenters. The maximum atomic E-state index is 12.4. The lowest BCUT2D eigenvalue weighted by Crippen LogP contribution is -2.44. The van der Waals surface area contributed by atoms with Crippen LogP contribution in [0.1, 0.15) is 27.0 Å². The predicted octanol–water partition coefficient (Wildman–Crippen LogP) is 4.37. The molecule has 0 heterocycles. The number of nitrogens with zero attached hydrogens (tertiary/aromatic N) is 3. The molecule has 0 aliphatic carbocycles. The summed E-state index contributed by atoms with van der Waals surface area (Å²) in [5.74, 6) is -0.939. The molecule has 3 aromatic carbocycles. The molecule has 31 heavy (non-hydrogen) atoms. The molecule has 1 N–H and O–H groups in total. The summed E-state index contributed by atoms with van der Waals surface area (Å²) >= 11 is 0. The Morgan fingerprint density at radius 1 is 0.710 bits per heavy atom. The largest absolute Gasteiger partial charge is 0.478 e. The lowest BCUT2D eigenvalue weighted by Gasteiger charge is -2.42. The van der Waals surface area contributed by atoms with Crippen LogP contribution in [0.15, 0.2) is 72.8 Å². The van der Waals surface area contributed by atoms with Crippen LogP contribution in [-0.2, 0) is 5.54 Å². The second kappa shape index (κ2) is 8.82. The first-order chi connectivity index (χ1) is 14.7. The molecule has 0 spiro atoms. The second-order valence-corrected chi connectivity index (χ2v) is 8.34. The molecule has 5 nitrogen and oxygen atoms in total. The van der Waals surface area contributed by atoms with Crippen molar-refractivity contribution in [1.82, 2.24) is 4.90 Å². The van der Waals surface area contributed by atoms with Gasteiger partial charge < -0.3 is 14.9 Å². The third kappa shape index (κ3) is 4.01. The molecule has 3 aromatic rings. The molecule has 5 heteroatoms. The van der Waals surface area contributed by atoms with Crippen molar-refractivity contribution < 1.29 is 9.90 Å². The van der Waals surface area contributed by atoms with Crippen LogP contribution in [0, 0.1) is 0 Å². The van der Waals surface area contributed by atoms with Gasteiger partial charge in [-0.1, -0.05) is 48.5 Å². The van der Waals surface area contributed by atoms with Crippen molar-refractivity contribution in [3.63, 3.8) is 0 Å². The fraction of sp³-hybridized carbons (Fsp3) is 0.269. The number of hydrogen-bond donors (Lipinski definition) is 1. The van der Waals surface area contributed by atoms with E-state index in [2.05, 4.69) is 46.2 Å². The summed E-state index contributed by atoms with van der Waals surface area (Å²) < 4.78 is 0. The highest BCUT2D eigenvalue weighted by atomic mass is 16.4. The van der Waals surface area contributed by atoms with Crippen molar-refractivity contribution in [2.75, 3.05) is 52.1 Å². The van der Waals surface area contributed by atoms with E-state index in [-0.39, 0.29) is 0 Å². The summed E-state index contributed by atoms with van der Waals surface area (Å²) in [6.45, 7) is 0. The Bertz CT molecular complexity index is 1040. The summed E-state index contributed by atoms with van der Waals surface area (Å²) in [5.41, 5.74) is 4.22. The number of anilines is 2. The molecular weight excluding hydrogens is 386 g/mol. The quantitative estimate of drug-likeness (QED) is 0.579. The summed E-state index contributed by atoms with van der Waals surface area (Å²) in [5, 5.41) is 10.2. The van der Waals surface area contributed by atoms with Crippen LogP contribution in [0.25, 0.3) is 0 Å². The molecule has 0 saturated carbocycles. The molecule has 0 fully saturated rings. The Hall–Kier alpha value is -3.31. The van der Waals surface area contributed by atoms with Crippen molar-refractivity contribution >= 4 is 17.3 Å². The van der Waals surface area contributed by atoms with E-state index in [1.807, 2.05) is 77.5 Å². The first kappa shape index (κ1) is 22.4. The zero-order valence-corrected chi connectivity index (χ0v) is 19.1. The van der Waals surface area contributed by atoms with Crippen LogP contribution in [0.3, 0.4) is 0 Å². The fourth-order valence-corrected chi connectivity index (χ4v) is 4.22. The minimum absolute atomic E-state index is 0.292. The average molecular weight is 418 g/mol. The average Bonchev–Trinajstić information content (AvgIpc) is 2.75. The second-order valence-electron chi connectivity index (χ2n) is 8.34. The maximum Gasteiger partial charge on any atom is 0.336 e. The van der Waals surface area contributed by atoms with E-state index in [0.717, 1.165) is 28.1 Å². The molecule has 162 valence electrons. The van der Waals surface area contributed by atoms with Gasteiger partial charge in [0.15, 0.2) is 0 Å². The Morgan fingerprint density at radius 2 is 1.23 bits per heavy atom. The normalized spacial score (nSPS) is 13.0. The Kier molecular flexibility index (Phi) is 6.37. The number of rotatable bonds is 7. The molecule has 0 aliphatic heterocycles. The topological polar surface area (TPSA) is 47.0 Å². The van der Waals surface area contributed by atoms with Crippen LogP contribution in [-0.4, -0.2) is 58.3 Å². The maximum absolute atomic E-state index is 12.4. The van der Waals surface area contributed by atoms with E-state index < -0.39 is 11.5 Å². The molecule has 0 aromatic heterocycles. The van der Waals surface area contributed by atoms with E-state index in [0.29, 0.717) is 5.56 Å². The monoisotopic (exact) mass is 417 g/mol. The number of benzene rings is 3. The van der Waals surface area contributed by atoms with Gasteiger partial charge in [0.05, 0.1) is 11.1 Å². The minimum atomic E-state index is -0.939. The van der Waals surface area contributed by atoms with E-state index in [1.54, 1.807) is 6.07 Å². The smallest absolute Gasteiger partial charge is 0.336 e. The van der Waals surface area contributed by atoms with Gasteiger partial charge in [-0.3, -0.25) is 4.90 Å². The van der Waals surface area contributed by atoms with Crippen LogP contribution in [0.4, 0.5) is 11.4 Å². The molecule has 0 aliphatic rings. The van der Waals surface area contributed by atoms with Gasteiger partial charge in [0.2, 0.25) is 0 Å². The number of aromatic carboxylic acids is 1. The summed E-state index contributed by atoms with van der Waals surface area (Å²) in [6.07, 6.45) is 0. The fourth-order valence-electron chi connectivity index (χ4n) is 4.22. The lowest BCUT2D eigenvalue weighted by atomic mass is 9.74. The zero-order valence-electron chi connectivity index (χ0n) is 19.1. The van der Waals surface area contributed by atoms with Crippen molar-refractivity contribution in [3.05, 3.63) is 95.1 Å². The number of carbonyl (C=O) groups is 1. The molecule has 0 amide bonds. The third-order valence-corrected chi connectivity index (χ3v) is 5.80. The molecule has 0 bridgehead atoms. The van der Waals surface area contributed by atoms with Gasteiger partial charge in [-0.2, -0.15) is 0 Å². The highest BCUT2D eigenvalue weighted by Gasteiger charge is 2.41. The molecule has 3 rings (SSSR count). The summed E-state index contributed by atoms with van der Waals surface area (Å²) in [6, 6.07) is 24.1. The van der Waals surface area contributed by atoms with Crippen molar-refractivity contribution in [3.8, 4) is 0 Å². The van der Waals surface area contributed by atoms with Crippen LogP contribution >= 0.6 is 0 Å². The van der Waals surface area contributed by atoms with Gasteiger partial charge in [-0.25, -0.2) is 4.79 Å². The first-order valence-electron chi connectivity index (χ1n) is 10.3. The number of carboxylic acid groups (broad SMARTS) is 1. The molecule has 0 saturated heterocycles. The van der Waals surface area contributed by atoms with Gasteiger partial charge in [0, 0.05) is 39.6 Å². The zero-order chi connectivity index (χ0) is 22.8. The van der Waals surface area contributed by atoms with Gasteiger partial charge in [-0.15, -0.1) is 0 Å². The highest BCUT2D eigenvalue weighted by molar-refractivity contribution is 5.92. The van der Waals surface area contributed by atoms with Gasteiger partial charge >= 0.3 is 5.97 Å². The Balaban J connectivity index is 2.40. The third-order valence-electron chi connectivity index (χ3n) is 5.80. The highest BCUT2D eigenvalue weighted by Crippen LogP contribution is 2.43. The van der Waals surface area contributed by atoms with E-state index >= 15 is 0 Å². The Labute approximate surface area is 185 Å². The standard InChI is InChI=1S/C26H31N3O2/c1-27(2)21-14-12-20(13-15-21)26(29(5)6,19-10-8-7-9-11-19)24-17-16-22(28(3)4)18-23(24)25(30)31/h7-18H,1-6H3,(H,30,31)/t26-/m1/s1. The van der Waals surface area contributed by atoms with E-state index in [1.165, 1.54) is 0 Å². The van der Waals surface area contributed by atoms with Crippen LogP contribution in [0.5, 0.6) is 0 Å². The van der Waals surface area contributed by atoms with E-state index in [4.69, 9.17) is 0 Å². The SMILES string of the molecule is CN(C)c1ccc([C@](c2ccccc2)(c2ccc(N(C)C)cc2C(=O)O)N(C)C)cc1. The van der Waals surface area contributed by atoms with Crippen LogP contribution < -0.4 is 9.80 Å². The minimum Gasteiger partial charge on any atom is -0.478 e. The van der Waals surface area contributed by atoms with E-state index in [9.17, 15) is 9.90 Å². The van der Waals surface area contributed by atoms with Crippen molar-refractivity contribution in [1.29, 1.82) is 0 Å². The summed E-state index contributed by atoms with van der Waals surface area (Å²) in [4.78, 5) is 18.5. The number of hydrogen-bond acceptors (Lipinski definition) is 4. The van der Waals surface area contributed by atoms with Crippen molar-refractivity contribution in [2.24, 2.45) is 0 Å². The summed E-state index contributed by atoms with van der Waals surface area (Å²) in [7, 11) is 11.8. The molecule has 1 atom stereocenters. The first-order valence-corrected chi connectivity index (χ1v) is 10.3. The lowest BCUT2D eigenvalue weighted by molar-refractivity contribution is 0.0692. The Morgan fingerprint density at radius 3 is 1.71 bits per heavy atom. The van der Waals surface area contributed by atoms with Gasteiger partial charge in [0.25, 0.3) is 0 Å². The van der Waals surface area contributed by atoms with Gasteiger partial charge in [0.1, 0.15) is 0 Å². The molecular formula is C26H31N3O2. The molecule has 0 radical (unpaired) electrons.